The Bertz CT molecular complexity index is 686. The van der Waals surface area contributed by atoms with Gasteiger partial charge in [-0.25, -0.2) is 9.78 Å². The third kappa shape index (κ3) is 3.00. The smallest absolute Gasteiger partial charge is 0.334 e. The van der Waals surface area contributed by atoms with Gasteiger partial charge in [0.25, 0.3) is 5.91 Å². The van der Waals surface area contributed by atoms with E-state index in [0.717, 1.165) is 10.6 Å². The lowest BCUT2D eigenvalue weighted by Crippen LogP contribution is -2.48. The number of ether oxygens (including phenoxy) is 1. The van der Waals surface area contributed by atoms with Crippen LogP contribution >= 0.6 is 11.3 Å². The molecule has 1 unspecified atom stereocenters. The zero-order chi connectivity index (χ0) is 15.5. The van der Waals surface area contributed by atoms with Gasteiger partial charge >= 0.3 is 5.97 Å². The highest BCUT2D eigenvalue weighted by Gasteiger charge is 2.30. The van der Waals surface area contributed by atoms with Gasteiger partial charge in [0.2, 0.25) is 0 Å². The maximum Gasteiger partial charge on any atom is 0.334 e. The fourth-order valence-electron chi connectivity index (χ4n) is 2.23. The van der Waals surface area contributed by atoms with Gasteiger partial charge in [-0.05, 0) is 0 Å². The fourth-order valence-corrected chi connectivity index (χ4v) is 3.12. The van der Waals surface area contributed by atoms with Crippen LogP contribution in [-0.4, -0.2) is 52.7 Å². The molecule has 1 aromatic carbocycles. The number of nitrogens with zero attached hydrogens (tertiary/aromatic N) is 2. The molecule has 0 saturated carbocycles. The highest BCUT2D eigenvalue weighted by molar-refractivity contribution is 7.16. The van der Waals surface area contributed by atoms with E-state index in [-0.39, 0.29) is 19.1 Å². The SMILES string of the molecule is O=C(O)C1CN(C(=O)c2cnc(-c3ccccc3)s2)CCO1. The molecule has 2 aromatic rings. The van der Waals surface area contributed by atoms with Crippen molar-refractivity contribution in [3.63, 3.8) is 0 Å². The molecule has 1 aromatic heterocycles. The maximum absolute atomic E-state index is 12.5. The van der Waals surface area contributed by atoms with Gasteiger partial charge in [-0.2, -0.15) is 0 Å². The second-order valence-corrected chi connectivity index (χ2v) is 5.88. The van der Waals surface area contributed by atoms with Crippen molar-refractivity contribution < 1.29 is 19.4 Å². The van der Waals surface area contributed by atoms with Crippen LogP contribution in [0.1, 0.15) is 9.67 Å². The molecule has 0 radical (unpaired) electrons. The Balaban J connectivity index is 1.76. The van der Waals surface area contributed by atoms with E-state index in [9.17, 15) is 9.59 Å². The van der Waals surface area contributed by atoms with E-state index in [1.165, 1.54) is 16.2 Å². The molecule has 114 valence electrons. The summed E-state index contributed by atoms with van der Waals surface area (Å²) in [5, 5.41) is 9.76. The van der Waals surface area contributed by atoms with E-state index in [4.69, 9.17) is 9.84 Å². The Labute approximate surface area is 131 Å². The average molecular weight is 318 g/mol. The molecule has 0 aliphatic carbocycles. The molecular formula is C15H14N2O4S. The minimum absolute atomic E-state index is 0.0622. The summed E-state index contributed by atoms with van der Waals surface area (Å²) in [6, 6.07) is 9.61. The molecule has 1 N–H and O–H groups in total. The van der Waals surface area contributed by atoms with Crippen LogP contribution in [0.25, 0.3) is 10.6 Å². The number of rotatable bonds is 3. The number of carbonyl (C=O) groups excluding carboxylic acids is 1. The molecule has 0 spiro atoms. The number of hydrogen-bond donors (Lipinski definition) is 1. The van der Waals surface area contributed by atoms with Gasteiger partial charge in [-0.1, -0.05) is 30.3 Å². The number of morpholine rings is 1. The van der Waals surface area contributed by atoms with E-state index < -0.39 is 12.1 Å². The largest absolute Gasteiger partial charge is 0.479 e. The van der Waals surface area contributed by atoms with E-state index in [1.54, 1.807) is 6.20 Å². The number of carboxylic acids is 1. The lowest BCUT2D eigenvalue weighted by molar-refractivity contribution is -0.154. The standard InChI is InChI=1S/C15H14N2O4S/c18-14(17-6-7-21-11(9-17)15(19)20)12-8-16-13(22-12)10-4-2-1-3-5-10/h1-5,8,11H,6-7,9H2,(H,19,20). The number of thiazole rings is 1. The quantitative estimate of drug-likeness (QED) is 0.932. The van der Waals surface area contributed by atoms with Gasteiger partial charge in [0.05, 0.1) is 19.3 Å². The highest BCUT2D eigenvalue weighted by atomic mass is 32.1. The Morgan fingerprint density at radius 1 is 1.32 bits per heavy atom. The van der Waals surface area contributed by atoms with Crippen LogP contribution in [0.5, 0.6) is 0 Å². The molecule has 1 atom stereocenters. The van der Waals surface area contributed by atoms with Crippen LogP contribution in [0.2, 0.25) is 0 Å². The van der Waals surface area contributed by atoms with Crippen molar-refractivity contribution >= 4 is 23.2 Å². The van der Waals surface area contributed by atoms with Crippen molar-refractivity contribution in [1.82, 2.24) is 9.88 Å². The molecule has 1 fully saturated rings. The lowest BCUT2D eigenvalue weighted by Gasteiger charge is -2.30. The molecule has 2 heterocycles. The monoisotopic (exact) mass is 318 g/mol. The van der Waals surface area contributed by atoms with Crippen LogP contribution in [0.15, 0.2) is 36.5 Å². The minimum atomic E-state index is -1.05. The molecule has 1 amide bonds. The van der Waals surface area contributed by atoms with E-state index in [0.29, 0.717) is 11.4 Å². The first kappa shape index (κ1) is 14.7. The fraction of sp³-hybridized carbons (Fsp3) is 0.267. The first-order valence-electron chi connectivity index (χ1n) is 6.80. The molecule has 6 nitrogen and oxygen atoms in total. The number of hydrogen-bond acceptors (Lipinski definition) is 5. The Morgan fingerprint density at radius 2 is 2.09 bits per heavy atom. The van der Waals surface area contributed by atoms with Crippen LogP contribution in [-0.2, 0) is 9.53 Å². The average Bonchev–Trinajstić information content (AvgIpc) is 3.05. The number of carboxylic acid groups (broad SMARTS) is 1. The molecule has 1 aliphatic heterocycles. The predicted octanol–water partition coefficient (Wildman–Crippen LogP) is 1.74. The molecule has 1 aliphatic rings. The molecule has 22 heavy (non-hydrogen) atoms. The number of amides is 1. The van der Waals surface area contributed by atoms with Crippen LogP contribution < -0.4 is 0 Å². The normalized spacial score (nSPS) is 18.2. The van der Waals surface area contributed by atoms with Gasteiger partial charge in [0, 0.05) is 12.1 Å². The summed E-state index contributed by atoms with van der Waals surface area (Å²) in [6.45, 7) is 0.682. The number of benzene rings is 1. The summed E-state index contributed by atoms with van der Waals surface area (Å²) in [7, 11) is 0. The zero-order valence-corrected chi connectivity index (χ0v) is 12.5. The topological polar surface area (TPSA) is 79.7 Å². The summed E-state index contributed by atoms with van der Waals surface area (Å²) in [6.07, 6.45) is 0.583. The Hall–Kier alpha value is -2.25. The van der Waals surface area contributed by atoms with Crippen molar-refractivity contribution in [2.45, 2.75) is 6.10 Å². The second kappa shape index (κ2) is 6.25. The molecule has 7 heteroatoms. The van der Waals surface area contributed by atoms with Crippen molar-refractivity contribution in [3.8, 4) is 10.6 Å². The van der Waals surface area contributed by atoms with Crippen LogP contribution in [0, 0.1) is 0 Å². The first-order valence-corrected chi connectivity index (χ1v) is 7.62. The predicted molar refractivity (Wildman–Crippen MR) is 80.8 cm³/mol. The summed E-state index contributed by atoms with van der Waals surface area (Å²) in [5.41, 5.74) is 0.955. The third-order valence-electron chi connectivity index (χ3n) is 3.37. The molecule has 1 saturated heterocycles. The highest BCUT2D eigenvalue weighted by Crippen LogP contribution is 2.26. The Morgan fingerprint density at radius 3 is 2.82 bits per heavy atom. The van der Waals surface area contributed by atoms with E-state index in [2.05, 4.69) is 4.98 Å². The zero-order valence-electron chi connectivity index (χ0n) is 11.6. The first-order chi connectivity index (χ1) is 10.6. The Kier molecular flexibility index (Phi) is 4.17. The molecule has 0 bridgehead atoms. The summed E-state index contributed by atoms with van der Waals surface area (Å²) < 4.78 is 5.12. The van der Waals surface area contributed by atoms with Crippen molar-refractivity contribution in [2.75, 3.05) is 19.7 Å². The van der Waals surface area contributed by atoms with Crippen molar-refractivity contribution in [2.24, 2.45) is 0 Å². The van der Waals surface area contributed by atoms with E-state index in [1.807, 2.05) is 30.3 Å². The number of aliphatic carboxylic acids is 1. The van der Waals surface area contributed by atoms with Crippen molar-refractivity contribution in [1.29, 1.82) is 0 Å². The second-order valence-electron chi connectivity index (χ2n) is 4.84. The van der Waals surface area contributed by atoms with Crippen LogP contribution in [0.3, 0.4) is 0 Å². The summed E-state index contributed by atoms with van der Waals surface area (Å²) in [4.78, 5) is 29.7. The van der Waals surface area contributed by atoms with Crippen LogP contribution in [0.4, 0.5) is 0 Å². The summed E-state index contributed by atoms with van der Waals surface area (Å²) >= 11 is 1.31. The lowest BCUT2D eigenvalue weighted by atomic mass is 10.2. The van der Waals surface area contributed by atoms with E-state index >= 15 is 0 Å². The number of aromatic nitrogens is 1. The molecular weight excluding hydrogens is 304 g/mol. The third-order valence-corrected chi connectivity index (χ3v) is 4.40. The van der Waals surface area contributed by atoms with Gasteiger partial charge in [-0.3, -0.25) is 4.79 Å². The van der Waals surface area contributed by atoms with Gasteiger partial charge in [0.1, 0.15) is 9.88 Å². The van der Waals surface area contributed by atoms with Gasteiger partial charge in [0.15, 0.2) is 6.10 Å². The van der Waals surface area contributed by atoms with Gasteiger partial charge in [-0.15, -0.1) is 11.3 Å². The maximum atomic E-state index is 12.5. The number of carbonyl (C=O) groups is 2. The summed E-state index contributed by atoms with van der Waals surface area (Å²) in [5.74, 6) is -1.25. The van der Waals surface area contributed by atoms with Crippen molar-refractivity contribution in [3.05, 3.63) is 41.4 Å². The molecule has 3 rings (SSSR count). The van der Waals surface area contributed by atoms with Gasteiger partial charge < -0.3 is 14.7 Å². The minimum Gasteiger partial charge on any atom is -0.479 e.